The molecule has 0 spiro atoms. The number of aryl methyl sites for hydroxylation is 1. The van der Waals surface area contributed by atoms with Crippen molar-refractivity contribution >= 4 is 34.7 Å². The lowest BCUT2D eigenvalue weighted by Crippen LogP contribution is -2.14. The molecule has 2 aromatic carbocycles. The van der Waals surface area contributed by atoms with Crippen LogP contribution in [0.5, 0.6) is 5.88 Å². The van der Waals surface area contributed by atoms with Crippen LogP contribution in [0.2, 0.25) is 5.02 Å². The Morgan fingerprint density at radius 1 is 1.04 bits per heavy atom. The van der Waals surface area contributed by atoms with Crippen LogP contribution in [0.4, 0.5) is 17.2 Å². The Kier molecular flexibility index (Phi) is 5.88. The lowest BCUT2D eigenvalue weighted by atomic mass is 10.1. The summed E-state index contributed by atoms with van der Waals surface area (Å²) >= 11 is 5.85. The van der Waals surface area contributed by atoms with Gasteiger partial charge in [0, 0.05) is 22.5 Å². The highest BCUT2D eigenvalue weighted by atomic mass is 35.5. The number of ether oxygens (including phenoxy) is 1. The maximum absolute atomic E-state index is 12.2. The molecule has 0 atom stereocenters. The zero-order chi connectivity index (χ0) is 19.2. The molecule has 0 unspecified atom stereocenters. The average molecular weight is 383 g/mol. The Morgan fingerprint density at radius 3 is 2.37 bits per heavy atom. The van der Waals surface area contributed by atoms with Crippen molar-refractivity contribution in [2.24, 2.45) is 0 Å². The number of methoxy groups -OCH3 is 1. The fraction of sp³-hybridized carbons (Fsp3) is 0.150. The molecule has 1 heterocycles. The third-order valence-electron chi connectivity index (χ3n) is 3.74. The molecule has 0 saturated heterocycles. The van der Waals surface area contributed by atoms with E-state index in [-0.39, 0.29) is 12.3 Å². The maximum Gasteiger partial charge on any atom is 0.228 e. The Labute approximate surface area is 162 Å². The minimum Gasteiger partial charge on any atom is -0.481 e. The highest BCUT2D eigenvalue weighted by molar-refractivity contribution is 6.30. The van der Waals surface area contributed by atoms with Crippen LogP contribution < -0.4 is 15.4 Å². The number of amides is 1. The summed E-state index contributed by atoms with van der Waals surface area (Å²) in [7, 11) is 1.56. The highest BCUT2D eigenvalue weighted by Crippen LogP contribution is 2.20. The molecule has 3 rings (SSSR count). The number of benzene rings is 2. The molecule has 27 heavy (non-hydrogen) atoms. The van der Waals surface area contributed by atoms with E-state index in [1.165, 1.54) is 0 Å². The van der Waals surface area contributed by atoms with Crippen LogP contribution in [-0.2, 0) is 11.2 Å². The number of halogens is 1. The van der Waals surface area contributed by atoms with E-state index in [1.807, 2.05) is 36.4 Å². The molecule has 3 aromatic rings. The number of rotatable bonds is 6. The van der Waals surface area contributed by atoms with Gasteiger partial charge in [0.2, 0.25) is 11.8 Å². The van der Waals surface area contributed by atoms with Crippen molar-refractivity contribution in [3.63, 3.8) is 0 Å². The van der Waals surface area contributed by atoms with E-state index in [1.54, 1.807) is 32.2 Å². The lowest BCUT2D eigenvalue weighted by Gasteiger charge is -2.10. The molecule has 1 amide bonds. The Morgan fingerprint density at radius 2 is 1.70 bits per heavy atom. The number of anilines is 3. The van der Waals surface area contributed by atoms with Gasteiger partial charge in [-0.05, 0) is 48.9 Å². The third-order valence-corrected chi connectivity index (χ3v) is 3.99. The molecule has 1 aromatic heterocycles. The number of carbonyl (C=O) groups excluding carboxylic acids is 1. The fourth-order valence-corrected chi connectivity index (χ4v) is 2.61. The van der Waals surface area contributed by atoms with Crippen LogP contribution in [0, 0.1) is 6.92 Å². The molecule has 138 valence electrons. The van der Waals surface area contributed by atoms with Gasteiger partial charge in [0.05, 0.1) is 13.5 Å². The van der Waals surface area contributed by atoms with Gasteiger partial charge in [0.15, 0.2) is 0 Å². The van der Waals surface area contributed by atoms with Crippen LogP contribution in [0.25, 0.3) is 0 Å². The van der Waals surface area contributed by atoms with Crippen LogP contribution >= 0.6 is 11.6 Å². The molecule has 0 saturated carbocycles. The summed E-state index contributed by atoms with van der Waals surface area (Å²) in [6.07, 6.45) is 0.289. The molecule has 6 nitrogen and oxygen atoms in total. The van der Waals surface area contributed by atoms with E-state index in [0.717, 1.165) is 16.9 Å². The normalized spacial score (nSPS) is 10.3. The summed E-state index contributed by atoms with van der Waals surface area (Å²) in [6, 6.07) is 16.3. The van der Waals surface area contributed by atoms with Crippen molar-refractivity contribution in [1.82, 2.24) is 9.97 Å². The van der Waals surface area contributed by atoms with Gasteiger partial charge in [-0.3, -0.25) is 4.79 Å². The molecular formula is C20H19ClN4O2. The Balaban J connectivity index is 1.60. The summed E-state index contributed by atoms with van der Waals surface area (Å²) in [6.45, 7) is 1.80. The average Bonchev–Trinajstić information content (AvgIpc) is 2.65. The summed E-state index contributed by atoms with van der Waals surface area (Å²) in [4.78, 5) is 20.6. The smallest absolute Gasteiger partial charge is 0.228 e. The van der Waals surface area contributed by atoms with Gasteiger partial charge in [-0.1, -0.05) is 23.7 Å². The van der Waals surface area contributed by atoms with Gasteiger partial charge < -0.3 is 15.4 Å². The number of nitrogens with zero attached hydrogens (tertiary/aromatic N) is 2. The first kappa shape index (κ1) is 18.7. The molecule has 0 bridgehead atoms. The largest absolute Gasteiger partial charge is 0.481 e. The molecule has 0 radical (unpaired) electrons. The fourth-order valence-electron chi connectivity index (χ4n) is 2.49. The molecule has 0 aliphatic carbocycles. The van der Waals surface area contributed by atoms with Crippen molar-refractivity contribution in [1.29, 1.82) is 0 Å². The molecular weight excluding hydrogens is 364 g/mol. The number of carbonyl (C=O) groups is 1. The third kappa shape index (κ3) is 5.43. The minimum absolute atomic E-state index is 0.0887. The van der Waals surface area contributed by atoms with Crippen molar-refractivity contribution < 1.29 is 9.53 Å². The van der Waals surface area contributed by atoms with Crippen molar-refractivity contribution in [3.8, 4) is 5.88 Å². The van der Waals surface area contributed by atoms with Crippen LogP contribution in [-0.4, -0.2) is 23.0 Å². The van der Waals surface area contributed by atoms with Crippen LogP contribution in [0.15, 0.2) is 54.6 Å². The van der Waals surface area contributed by atoms with Crippen LogP contribution in [0.1, 0.15) is 11.4 Å². The topological polar surface area (TPSA) is 76.1 Å². The predicted octanol–water partition coefficient (Wildman–Crippen LogP) is 4.37. The lowest BCUT2D eigenvalue weighted by molar-refractivity contribution is -0.115. The Bertz CT molecular complexity index is 928. The molecule has 0 aliphatic heterocycles. The first-order chi connectivity index (χ1) is 13.0. The summed E-state index contributed by atoms with van der Waals surface area (Å²) in [5.74, 6) is 1.66. The standard InChI is InChI=1S/C20H19ClN4O2/c1-13-22-18(12-20(23-13)27-2)24-16-7-9-17(10-8-16)25-19(26)11-14-3-5-15(21)6-4-14/h3-10,12H,11H2,1-2H3,(H,25,26)(H,22,23,24). The van der Waals surface area contributed by atoms with Gasteiger partial charge in [-0.2, -0.15) is 4.98 Å². The van der Waals surface area contributed by atoms with Gasteiger partial charge in [0.1, 0.15) is 11.6 Å². The van der Waals surface area contributed by atoms with E-state index in [2.05, 4.69) is 20.6 Å². The van der Waals surface area contributed by atoms with E-state index in [9.17, 15) is 4.79 Å². The first-order valence-corrected chi connectivity index (χ1v) is 8.71. The minimum atomic E-state index is -0.0887. The summed E-state index contributed by atoms with van der Waals surface area (Å²) in [5, 5.41) is 6.72. The molecule has 0 fully saturated rings. The number of hydrogen-bond acceptors (Lipinski definition) is 5. The van der Waals surface area contributed by atoms with Gasteiger partial charge >= 0.3 is 0 Å². The summed E-state index contributed by atoms with van der Waals surface area (Å²) in [5.41, 5.74) is 2.46. The number of nitrogens with one attached hydrogen (secondary N) is 2. The number of hydrogen-bond donors (Lipinski definition) is 2. The van der Waals surface area contributed by atoms with Crippen molar-refractivity contribution in [3.05, 3.63) is 71.0 Å². The summed E-state index contributed by atoms with van der Waals surface area (Å²) < 4.78 is 5.15. The second kappa shape index (κ2) is 8.51. The van der Waals surface area contributed by atoms with E-state index in [0.29, 0.717) is 22.5 Å². The van der Waals surface area contributed by atoms with Gasteiger partial charge in [-0.25, -0.2) is 4.98 Å². The van der Waals surface area contributed by atoms with Crippen LogP contribution in [0.3, 0.4) is 0 Å². The second-order valence-corrected chi connectivity index (χ2v) is 6.33. The molecule has 7 heteroatoms. The van der Waals surface area contributed by atoms with E-state index < -0.39 is 0 Å². The predicted molar refractivity (Wildman–Crippen MR) is 107 cm³/mol. The van der Waals surface area contributed by atoms with Gasteiger partial charge in [0.25, 0.3) is 0 Å². The van der Waals surface area contributed by atoms with E-state index in [4.69, 9.17) is 16.3 Å². The SMILES string of the molecule is COc1cc(Nc2ccc(NC(=O)Cc3ccc(Cl)cc3)cc2)nc(C)n1. The zero-order valence-electron chi connectivity index (χ0n) is 15.0. The highest BCUT2D eigenvalue weighted by Gasteiger charge is 2.06. The Hall–Kier alpha value is -3.12. The van der Waals surface area contributed by atoms with E-state index >= 15 is 0 Å². The van der Waals surface area contributed by atoms with Gasteiger partial charge in [-0.15, -0.1) is 0 Å². The van der Waals surface area contributed by atoms with Crippen molar-refractivity contribution in [2.75, 3.05) is 17.7 Å². The monoisotopic (exact) mass is 382 g/mol. The maximum atomic E-state index is 12.2. The molecule has 2 N–H and O–H groups in total. The quantitative estimate of drug-likeness (QED) is 0.662. The number of aromatic nitrogens is 2. The second-order valence-electron chi connectivity index (χ2n) is 5.90. The zero-order valence-corrected chi connectivity index (χ0v) is 15.7. The first-order valence-electron chi connectivity index (χ1n) is 8.33. The molecule has 0 aliphatic rings. The van der Waals surface area contributed by atoms with Crippen molar-refractivity contribution in [2.45, 2.75) is 13.3 Å².